The normalized spacial score (nSPS) is 29.5. The van der Waals surface area contributed by atoms with Crippen LogP contribution in [0.3, 0.4) is 0 Å². The number of phenolic OH excluding ortho intramolecular Hbond substituents is 1. The minimum Gasteiger partial charge on any atom is -0.507 e. The Balaban J connectivity index is 1.73. The Morgan fingerprint density at radius 2 is 1.76 bits per heavy atom. The molecule has 6 atom stereocenters. The molecule has 3 aliphatic rings. The van der Waals surface area contributed by atoms with E-state index in [0.717, 1.165) is 5.57 Å². The second kappa shape index (κ2) is 12.3. The zero-order chi connectivity index (χ0) is 33.6. The van der Waals surface area contributed by atoms with Gasteiger partial charge in [-0.15, -0.1) is 0 Å². The van der Waals surface area contributed by atoms with Crippen molar-refractivity contribution in [1.29, 1.82) is 0 Å². The molecule has 0 spiro atoms. The number of methoxy groups -OCH3 is 2. The first-order valence-electron chi connectivity index (χ1n) is 15.0. The van der Waals surface area contributed by atoms with Gasteiger partial charge in [-0.2, -0.15) is 0 Å². The van der Waals surface area contributed by atoms with E-state index in [1.165, 1.54) is 27.2 Å². The van der Waals surface area contributed by atoms with E-state index in [-0.39, 0.29) is 39.7 Å². The van der Waals surface area contributed by atoms with Crippen LogP contribution in [0, 0.1) is 11.8 Å². The van der Waals surface area contributed by atoms with Gasteiger partial charge in [0.15, 0.2) is 23.1 Å². The summed E-state index contributed by atoms with van der Waals surface area (Å²) in [6.07, 6.45) is 7.29. The van der Waals surface area contributed by atoms with E-state index in [0.29, 0.717) is 17.7 Å². The van der Waals surface area contributed by atoms with Crippen molar-refractivity contribution in [1.82, 2.24) is 0 Å². The van der Waals surface area contributed by atoms with Crippen LogP contribution in [0.1, 0.15) is 56.7 Å². The number of aromatic hydroxyl groups is 1. The van der Waals surface area contributed by atoms with Crippen LogP contribution < -0.4 is 10.1 Å². The Hall–Kier alpha value is -4.67. The zero-order valence-electron chi connectivity index (χ0n) is 26.7. The third-order valence-corrected chi connectivity index (χ3v) is 9.45. The van der Waals surface area contributed by atoms with Crippen molar-refractivity contribution in [2.45, 2.75) is 57.3 Å². The molecule has 0 saturated heterocycles. The number of anilines is 1. The van der Waals surface area contributed by atoms with E-state index in [1.807, 2.05) is 19.9 Å². The third-order valence-electron chi connectivity index (χ3n) is 9.45. The standard InChI is InChI=1S/C36H39NO9/c1-7-8-9-10-27(38)28-24(17-19(2)18-25(28)35(4)31(40)20(3)34(42)46-35)23-15-16-26-29(30(23)39)36(43,32(45-6)33(41)37-26)21-11-13-22(44-5)14-12-21/h7-17,24-25,28,32,39-40,43H,18H2,1-6H3,(H,37,41). The molecule has 2 aliphatic heterocycles. The summed E-state index contributed by atoms with van der Waals surface area (Å²) in [6, 6.07) is 9.61. The lowest BCUT2D eigenvalue weighted by Gasteiger charge is -2.44. The van der Waals surface area contributed by atoms with Gasteiger partial charge >= 0.3 is 5.97 Å². The number of phenols is 1. The number of cyclic esters (lactones) is 1. The average Bonchev–Trinajstić information content (AvgIpc) is 3.23. The molecular formula is C36H39NO9. The van der Waals surface area contributed by atoms with Crippen LogP contribution >= 0.6 is 0 Å². The maximum Gasteiger partial charge on any atom is 0.338 e. The molecule has 10 nitrogen and oxygen atoms in total. The highest BCUT2D eigenvalue weighted by molar-refractivity contribution is 6.01. The first-order valence-corrected chi connectivity index (χ1v) is 15.0. The first-order chi connectivity index (χ1) is 21.8. The second-order valence-corrected chi connectivity index (χ2v) is 12.2. The van der Waals surface area contributed by atoms with Gasteiger partial charge in [0.1, 0.15) is 17.3 Å². The number of hydrogen-bond acceptors (Lipinski definition) is 9. The van der Waals surface area contributed by atoms with Crippen molar-refractivity contribution >= 4 is 23.3 Å². The predicted molar refractivity (Wildman–Crippen MR) is 170 cm³/mol. The highest BCUT2D eigenvalue weighted by Crippen LogP contribution is 2.55. The number of aliphatic hydroxyl groups is 2. The molecule has 0 bridgehead atoms. The van der Waals surface area contributed by atoms with Crippen molar-refractivity contribution in [3.63, 3.8) is 0 Å². The number of ketones is 1. The van der Waals surface area contributed by atoms with Gasteiger partial charge in [0.05, 0.1) is 23.9 Å². The first kappa shape index (κ1) is 32.7. The summed E-state index contributed by atoms with van der Waals surface area (Å²) in [6.45, 7) is 6.76. The third kappa shape index (κ3) is 5.11. The molecule has 5 rings (SSSR count). The SMILES string of the molecule is CC=CC=CC(=O)C1C(c2ccc3c(c2O)C(O)(c2ccc(OC)cc2)C(OC)C(=O)N3)C=C(C)CC1C1(C)OC(=O)C(C)=C1O. The van der Waals surface area contributed by atoms with E-state index < -0.39 is 46.9 Å². The van der Waals surface area contributed by atoms with Gasteiger partial charge in [0.2, 0.25) is 0 Å². The molecular weight excluding hydrogens is 590 g/mol. The number of allylic oxidation sites excluding steroid dienone is 6. The zero-order valence-corrected chi connectivity index (χ0v) is 26.7. The van der Waals surface area contributed by atoms with Gasteiger partial charge in [-0.1, -0.05) is 48.1 Å². The minimum atomic E-state index is -2.14. The summed E-state index contributed by atoms with van der Waals surface area (Å²) in [4.78, 5) is 39.9. The monoisotopic (exact) mass is 629 g/mol. The number of ether oxygens (including phenoxy) is 3. The number of esters is 1. The van der Waals surface area contributed by atoms with Crippen LogP contribution in [0.15, 0.2) is 83.7 Å². The van der Waals surface area contributed by atoms with Gasteiger partial charge in [-0.25, -0.2) is 4.79 Å². The summed E-state index contributed by atoms with van der Waals surface area (Å²) in [5.74, 6) is -4.04. The van der Waals surface area contributed by atoms with Crippen LogP contribution in [-0.2, 0) is 29.5 Å². The van der Waals surface area contributed by atoms with Gasteiger partial charge in [0.25, 0.3) is 5.91 Å². The lowest BCUT2D eigenvalue weighted by molar-refractivity contribution is -0.155. The molecule has 10 heteroatoms. The molecule has 4 N–H and O–H groups in total. The van der Waals surface area contributed by atoms with Crippen LogP contribution in [0.4, 0.5) is 5.69 Å². The van der Waals surface area contributed by atoms with Crippen molar-refractivity contribution < 1.29 is 43.9 Å². The quantitative estimate of drug-likeness (QED) is 0.135. The van der Waals surface area contributed by atoms with E-state index in [2.05, 4.69) is 5.32 Å². The summed E-state index contributed by atoms with van der Waals surface area (Å²) >= 11 is 0. The fourth-order valence-corrected chi connectivity index (χ4v) is 7.11. The molecule has 0 saturated carbocycles. The number of hydrogen-bond donors (Lipinski definition) is 4. The molecule has 2 heterocycles. The second-order valence-electron chi connectivity index (χ2n) is 12.2. The van der Waals surface area contributed by atoms with Crippen LogP contribution in [-0.4, -0.2) is 58.9 Å². The van der Waals surface area contributed by atoms with Gasteiger partial charge in [-0.3, -0.25) is 9.59 Å². The molecule has 1 amide bonds. The predicted octanol–water partition coefficient (Wildman–Crippen LogP) is 5.12. The van der Waals surface area contributed by atoms with Gasteiger partial charge < -0.3 is 34.8 Å². The molecule has 242 valence electrons. The summed E-state index contributed by atoms with van der Waals surface area (Å²) in [5, 5.41) is 38.4. The van der Waals surface area contributed by atoms with Crippen LogP contribution in [0.2, 0.25) is 0 Å². The van der Waals surface area contributed by atoms with Gasteiger partial charge in [-0.05, 0) is 64.0 Å². The molecule has 0 aromatic heterocycles. The van der Waals surface area contributed by atoms with E-state index in [9.17, 15) is 29.7 Å². The number of nitrogens with one attached hydrogen (secondary N) is 1. The van der Waals surface area contributed by atoms with Crippen molar-refractivity contribution in [2.24, 2.45) is 11.8 Å². The van der Waals surface area contributed by atoms with E-state index in [1.54, 1.807) is 61.5 Å². The number of carbonyl (C=O) groups excluding carboxylic acids is 3. The fraction of sp³-hybridized carbons (Fsp3) is 0.361. The lowest BCUT2D eigenvalue weighted by Crippen LogP contribution is -2.53. The van der Waals surface area contributed by atoms with E-state index in [4.69, 9.17) is 14.2 Å². The average molecular weight is 630 g/mol. The number of carbonyl (C=O) groups is 3. The molecule has 6 unspecified atom stereocenters. The Bertz CT molecular complexity index is 1700. The molecule has 2 aromatic rings. The Labute approximate surface area is 267 Å². The van der Waals surface area contributed by atoms with Crippen LogP contribution in [0.25, 0.3) is 0 Å². The molecule has 2 aromatic carbocycles. The minimum absolute atomic E-state index is 0.00236. The van der Waals surface area contributed by atoms with Crippen molar-refractivity contribution in [3.8, 4) is 11.5 Å². The molecule has 0 radical (unpaired) electrons. The number of amides is 1. The van der Waals surface area contributed by atoms with Crippen molar-refractivity contribution in [2.75, 3.05) is 19.5 Å². The highest BCUT2D eigenvalue weighted by atomic mass is 16.6. The number of fused-ring (bicyclic) bond motifs is 1. The van der Waals surface area contributed by atoms with Gasteiger partial charge in [0, 0.05) is 30.4 Å². The fourth-order valence-electron chi connectivity index (χ4n) is 7.11. The number of benzene rings is 2. The molecule has 1 aliphatic carbocycles. The number of rotatable bonds is 8. The maximum atomic E-state index is 14.1. The summed E-state index contributed by atoms with van der Waals surface area (Å²) in [5.41, 5.74) is -1.98. The molecule has 0 fully saturated rings. The summed E-state index contributed by atoms with van der Waals surface area (Å²) < 4.78 is 16.6. The Kier molecular flexibility index (Phi) is 8.72. The molecule has 46 heavy (non-hydrogen) atoms. The summed E-state index contributed by atoms with van der Waals surface area (Å²) in [7, 11) is 2.80. The Morgan fingerprint density at radius 1 is 1.07 bits per heavy atom. The maximum absolute atomic E-state index is 14.1. The van der Waals surface area contributed by atoms with Crippen LogP contribution in [0.5, 0.6) is 11.5 Å². The highest BCUT2D eigenvalue weighted by Gasteiger charge is 2.56. The lowest BCUT2D eigenvalue weighted by atomic mass is 9.62. The Morgan fingerprint density at radius 3 is 2.35 bits per heavy atom. The topological polar surface area (TPSA) is 152 Å². The van der Waals surface area contributed by atoms with Crippen molar-refractivity contribution in [3.05, 3.63) is 100 Å². The largest absolute Gasteiger partial charge is 0.507 e. The number of aliphatic hydroxyl groups excluding tert-OH is 1. The van der Waals surface area contributed by atoms with E-state index >= 15 is 0 Å². The smallest absolute Gasteiger partial charge is 0.338 e.